The van der Waals surface area contributed by atoms with E-state index in [0.29, 0.717) is 29.8 Å². The smallest absolute Gasteiger partial charge is 0.303 e. The van der Waals surface area contributed by atoms with Gasteiger partial charge in [-0.1, -0.05) is 36.4 Å². The summed E-state index contributed by atoms with van der Waals surface area (Å²) in [6.07, 6.45) is 0.416. The van der Waals surface area contributed by atoms with E-state index in [9.17, 15) is 14.4 Å². The molecule has 0 aromatic heterocycles. The molecule has 0 heterocycles. The number of rotatable bonds is 9. The molecule has 6 heteroatoms. The summed E-state index contributed by atoms with van der Waals surface area (Å²) in [5.41, 5.74) is 1.16. The van der Waals surface area contributed by atoms with Crippen molar-refractivity contribution < 1.29 is 19.5 Å². The van der Waals surface area contributed by atoms with Crippen LogP contribution in [0.15, 0.2) is 59.5 Å². The predicted octanol–water partition coefficient (Wildman–Crippen LogP) is 3.26. The first-order chi connectivity index (χ1) is 12.1. The van der Waals surface area contributed by atoms with Crippen LogP contribution >= 0.6 is 11.8 Å². The number of hydrogen-bond acceptors (Lipinski definition) is 4. The largest absolute Gasteiger partial charge is 0.481 e. The highest BCUT2D eigenvalue weighted by Crippen LogP contribution is 2.20. The van der Waals surface area contributed by atoms with E-state index in [1.807, 2.05) is 24.3 Å². The van der Waals surface area contributed by atoms with Gasteiger partial charge in [-0.05, 0) is 24.6 Å². The lowest BCUT2D eigenvalue weighted by molar-refractivity contribution is -0.137. The van der Waals surface area contributed by atoms with Crippen molar-refractivity contribution in [2.45, 2.75) is 17.7 Å². The average Bonchev–Trinajstić information content (AvgIpc) is 2.64. The van der Waals surface area contributed by atoms with Crippen molar-refractivity contribution >= 4 is 29.4 Å². The zero-order valence-electron chi connectivity index (χ0n) is 13.6. The third-order valence-electron chi connectivity index (χ3n) is 3.41. The summed E-state index contributed by atoms with van der Waals surface area (Å²) in [4.78, 5) is 35.5. The molecule has 0 aliphatic rings. The quantitative estimate of drug-likeness (QED) is 0.409. The van der Waals surface area contributed by atoms with Gasteiger partial charge in [0.1, 0.15) is 0 Å². The number of aliphatic carboxylic acids is 1. The summed E-state index contributed by atoms with van der Waals surface area (Å²) in [5.74, 6) is -0.791. The molecule has 2 rings (SSSR count). The number of hydrogen-bond donors (Lipinski definition) is 2. The highest BCUT2D eigenvalue weighted by atomic mass is 32.2. The first-order valence-corrected chi connectivity index (χ1v) is 8.86. The van der Waals surface area contributed by atoms with Gasteiger partial charge in [0.15, 0.2) is 5.78 Å². The summed E-state index contributed by atoms with van der Waals surface area (Å²) in [6.45, 7) is 0.314. The van der Waals surface area contributed by atoms with Crippen LogP contribution in [0.4, 0.5) is 0 Å². The lowest BCUT2D eigenvalue weighted by Gasteiger charge is -2.06. The van der Waals surface area contributed by atoms with E-state index in [1.54, 1.807) is 30.3 Å². The van der Waals surface area contributed by atoms with Gasteiger partial charge in [0.25, 0.3) is 5.91 Å². The molecule has 0 fully saturated rings. The average molecular weight is 357 g/mol. The standard InChI is InChI=1S/C19H19NO4S/c21-17(14-6-2-1-3-7-14)13-25-16-9-4-8-15(12-16)19(24)20-11-5-10-18(22)23/h1-4,6-9,12H,5,10-11,13H2,(H,20,24)(H,22,23). The topological polar surface area (TPSA) is 83.5 Å². The number of ketones is 1. The second-order valence-electron chi connectivity index (χ2n) is 5.36. The second-order valence-corrected chi connectivity index (χ2v) is 6.41. The zero-order chi connectivity index (χ0) is 18.1. The Kier molecular flexibility index (Phi) is 7.22. The van der Waals surface area contributed by atoms with Crippen LogP contribution in [0.3, 0.4) is 0 Å². The normalized spacial score (nSPS) is 10.2. The van der Waals surface area contributed by atoms with Gasteiger partial charge in [0.2, 0.25) is 0 Å². The van der Waals surface area contributed by atoms with Crippen molar-refractivity contribution in [2.75, 3.05) is 12.3 Å². The van der Waals surface area contributed by atoms with Gasteiger partial charge in [-0.2, -0.15) is 0 Å². The molecule has 0 bridgehead atoms. The van der Waals surface area contributed by atoms with Crippen molar-refractivity contribution in [1.29, 1.82) is 0 Å². The number of Topliss-reactive ketones (excluding diaryl/α,β-unsaturated/α-hetero) is 1. The molecule has 5 nitrogen and oxygen atoms in total. The number of carboxylic acid groups (broad SMARTS) is 1. The maximum Gasteiger partial charge on any atom is 0.303 e. The lowest BCUT2D eigenvalue weighted by Crippen LogP contribution is -2.24. The van der Waals surface area contributed by atoms with Crippen LogP contribution in [-0.2, 0) is 4.79 Å². The summed E-state index contributed by atoms with van der Waals surface area (Å²) < 4.78 is 0. The van der Waals surface area contributed by atoms with Gasteiger partial charge >= 0.3 is 5.97 Å². The van der Waals surface area contributed by atoms with E-state index in [4.69, 9.17) is 5.11 Å². The molecule has 0 atom stereocenters. The van der Waals surface area contributed by atoms with Gasteiger partial charge in [0, 0.05) is 29.0 Å². The number of amides is 1. The summed E-state index contributed by atoms with van der Waals surface area (Å²) in [7, 11) is 0. The molecule has 0 saturated carbocycles. The number of nitrogens with one attached hydrogen (secondary N) is 1. The van der Waals surface area contributed by atoms with Crippen LogP contribution in [-0.4, -0.2) is 35.1 Å². The van der Waals surface area contributed by atoms with Gasteiger partial charge in [-0.15, -0.1) is 11.8 Å². The van der Waals surface area contributed by atoms with Crippen LogP contribution in [0, 0.1) is 0 Å². The second kappa shape index (κ2) is 9.64. The molecule has 0 aliphatic carbocycles. The highest BCUT2D eigenvalue weighted by molar-refractivity contribution is 8.00. The summed E-state index contributed by atoms with van der Waals surface area (Å²) in [5, 5.41) is 11.3. The van der Waals surface area contributed by atoms with Crippen molar-refractivity contribution in [3.8, 4) is 0 Å². The number of carboxylic acids is 1. The minimum absolute atomic E-state index is 0.0256. The van der Waals surface area contributed by atoms with E-state index in [1.165, 1.54) is 11.8 Å². The van der Waals surface area contributed by atoms with E-state index < -0.39 is 5.97 Å². The highest BCUT2D eigenvalue weighted by Gasteiger charge is 2.09. The number of carbonyl (C=O) groups is 3. The van der Waals surface area contributed by atoms with Gasteiger partial charge in [-0.3, -0.25) is 14.4 Å². The fourth-order valence-corrected chi connectivity index (χ4v) is 2.98. The Morgan fingerprint density at radius 1 is 0.960 bits per heavy atom. The monoisotopic (exact) mass is 357 g/mol. The number of benzene rings is 2. The Bertz CT molecular complexity index is 746. The summed E-state index contributed by atoms with van der Waals surface area (Å²) in [6, 6.07) is 16.1. The minimum Gasteiger partial charge on any atom is -0.481 e. The molecule has 0 spiro atoms. The van der Waals surface area contributed by atoms with Crippen LogP contribution in [0.1, 0.15) is 33.6 Å². The molecule has 2 aromatic rings. The van der Waals surface area contributed by atoms with Crippen molar-refractivity contribution in [3.63, 3.8) is 0 Å². The first-order valence-electron chi connectivity index (χ1n) is 7.87. The Hall–Kier alpha value is -2.60. The molecule has 0 saturated heterocycles. The SMILES string of the molecule is O=C(O)CCCNC(=O)c1cccc(SCC(=O)c2ccccc2)c1. The molecule has 2 aromatic carbocycles. The minimum atomic E-state index is -0.879. The Labute approximate surface area is 150 Å². The predicted molar refractivity (Wildman–Crippen MR) is 97.1 cm³/mol. The zero-order valence-corrected chi connectivity index (χ0v) is 14.4. The number of carbonyl (C=O) groups excluding carboxylic acids is 2. The molecule has 25 heavy (non-hydrogen) atoms. The Morgan fingerprint density at radius 3 is 2.40 bits per heavy atom. The Balaban J connectivity index is 1.87. The molecule has 0 aliphatic heterocycles. The maximum absolute atomic E-state index is 12.1. The fourth-order valence-electron chi connectivity index (χ4n) is 2.13. The van der Waals surface area contributed by atoms with Gasteiger partial charge in [-0.25, -0.2) is 0 Å². The molecule has 0 unspecified atom stereocenters. The molecular weight excluding hydrogens is 338 g/mol. The van der Waals surface area contributed by atoms with Gasteiger partial charge in [0.05, 0.1) is 5.75 Å². The van der Waals surface area contributed by atoms with Crippen LogP contribution in [0.25, 0.3) is 0 Å². The molecular formula is C19H19NO4S. The van der Waals surface area contributed by atoms with Crippen molar-refractivity contribution in [2.24, 2.45) is 0 Å². The molecule has 130 valence electrons. The van der Waals surface area contributed by atoms with E-state index in [2.05, 4.69) is 5.32 Å². The third-order valence-corrected chi connectivity index (χ3v) is 4.41. The molecule has 0 radical (unpaired) electrons. The maximum atomic E-state index is 12.1. The molecule has 1 amide bonds. The van der Waals surface area contributed by atoms with Crippen LogP contribution in [0.5, 0.6) is 0 Å². The van der Waals surface area contributed by atoms with Crippen LogP contribution in [0.2, 0.25) is 0 Å². The Morgan fingerprint density at radius 2 is 1.68 bits per heavy atom. The van der Waals surface area contributed by atoms with E-state index in [-0.39, 0.29) is 18.1 Å². The lowest BCUT2D eigenvalue weighted by atomic mass is 10.2. The van der Waals surface area contributed by atoms with E-state index in [0.717, 1.165) is 4.90 Å². The van der Waals surface area contributed by atoms with Gasteiger partial charge < -0.3 is 10.4 Å². The van der Waals surface area contributed by atoms with E-state index >= 15 is 0 Å². The van der Waals surface area contributed by atoms with Crippen LogP contribution < -0.4 is 5.32 Å². The van der Waals surface area contributed by atoms with Crippen molar-refractivity contribution in [3.05, 3.63) is 65.7 Å². The fraction of sp³-hybridized carbons (Fsp3) is 0.211. The third kappa shape index (κ3) is 6.43. The van der Waals surface area contributed by atoms with Crippen molar-refractivity contribution in [1.82, 2.24) is 5.32 Å². The first kappa shape index (κ1) is 18.7. The number of thioether (sulfide) groups is 1. The summed E-state index contributed by atoms with van der Waals surface area (Å²) >= 11 is 1.38. The molecule has 2 N–H and O–H groups in total.